The van der Waals surface area contributed by atoms with Gasteiger partial charge in [-0.2, -0.15) is 0 Å². The second-order valence-electron chi connectivity index (χ2n) is 17.1. The van der Waals surface area contributed by atoms with Crippen molar-refractivity contribution in [2.24, 2.45) is 44.8 Å². The lowest BCUT2D eigenvalue weighted by Crippen LogP contribution is -2.66. The number of ether oxygens (including phenoxy) is 7. The molecule has 0 amide bonds. The highest BCUT2D eigenvalue weighted by Crippen LogP contribution is 2.74. The van der Waals surface area contributed by atoms with Crippen LogP contribution >= 0.6 is 0 Å². The number of hydrogen-bond donors (Lipinski definition) is 0. The summed E-state index contributed by atoms with van der Waals surface area (Å²) in [6, 6.07) is 0. The molecule has 12 nitrogen and oxygen atoms in total. The molecule has 0 saturated heterocycles. The van der Waals surface area contributed by atoms with E-state index in [0.29, 0.717) is 18.6 Å². The van der Waals surface area contributed by atoms with Crippen LogP contribution in [0.3, 0.4) is 0 Å². The number of fused-ring (bicyclic) bond motifs is 5. The number of hydrogen-bond acceptors (Lipinski definition) is 12. The summed E-state index contributed by atoms with van der Waals surface area (Å²) in [6.07, 6.45) is -0.170. The summed E-state index contributed by atoms with van der Waals surface area (Å²) < 4.78 is 37.5. The van der Waals surface area contributed by atoms with Crippen LogP contribution in [0.5, 0.6) is 0 Å². The van der Waals surface area contributed by atoms with Gasteiger partial charge in [0.2, 0.25) is 0 Å². The van der Waals surface area contributed by atoms with E-state index in [0.717, 1.165) is 39.2 Å². The van der Waals surface area contributed by atoms with Crippen LogP contribution in [0.4, 0.5) is 14.4 Å². The van der Waals surface area contributed by atoms with E-state index in [-0.39, 0.29) is 52.8 Å². The molecule has 0 heterocycles. The Morgan fingerprint density at radius 1 is 0.843 bits per heavy atom. The maximum absolute atomic E-state index is 13.3. The van der Waals surface area contributed by atoms with Crippen molar-refractivity contribution in [3.8, 4) is 0 Å². The van der Waals surface area contributed by atoms with Gasteiger partial charge in [-0.15, -0.1) is 0 Å². The number of carbonyl (C=O) groups is 5. The predicted molar refractivity (Wildman–Crippen MR) is 186 cm³/mol. The highest BCUT2D eigenvalue weighted by Gasteiger charge is 2.70. The van der Waals surface area contributed by atoms with Gasteiger partial charge in [0.05, 0.1) is 26.7 Å². The van der Waals surface area contributed by atoms with Crippen LogP contribution < -0.4 is 0 Å². The Morgan fingerprint density at radius 2 is 1.45 bits per heavy atom. The van der Waals surface area contributed by atoms with E-state index in [4.69, 9.17) is 33.2 Å². The van der Waals surface area contributed by atoms with Crippen LogP contribution in [0.25, 0.3) is 0 Å². The molecule has 4 aliphatic rings. The first-order valence-electron chi connectivity index (χ1n) is 18.2. The average molecular weight is 721 g/mol. The Kier molecular flexibility index (Phi) is 11.7. The van der Waals surface area contributed by atoms with E-state index in [1.54, 1.807) is 13.8 Å². The first-order valence-corrected chi connectivity index (χ1v) is 18.2. The fraction of sp³-hybridized carbons (Fsp3) is 0.821. The van der Waals surface area contributed by atoms with Crippen molar-refractivity contribution in [2.45, 2.75) is 125 Å². The van der Waals surface area contributed by atoms with Crippen molar-refractivity contribution >= 4 is 30.0 Å². The molecule has 0 spiro atoms. The number of methoxy groups -OCH3 is 4. The zero-order valence-electron chi connectivity index (χ0n) is 32.7. The molecule has 3 saturated carbocycles. The molecule has 4 rings (SSSR count). The van der Waals surface area contributed by atoms with Gasteiger partial charge in [-0.05, 0) is 80.5 Å². The molecule has 4 aliphatic carbocycles. The minimum atomic E-state index is -1.33. The Balaban J connectivity index is 1.80. The number of allylic oxidation sites excluding steroid dienone is 1. The van der Waals surface area contributed by atoms with Gasteiger partial charge in [0.15, 0.2) is 11.9 Å². The Labute approximate surface area is 302 Å². The normalized spacial score (nSPS) is 33.0. The maximum Gasteiger partial charge on any atom is 0.508 e. The van der Waals surface area contributed by atoms with Crippen LogP contribution in [-0.4, -0.2) is 83.4 Å². The molecule has 0 unspecified atom stereocenters. The second kappa shape index (κ2) is 14.7. The largest absolute Gasteiger partial charge is 0.508 e. The summed E-state index contributed by atoms with van der Waals surface area (Å²) in [7, 11) is 5.06. The smallest absolute Gasteiger partial charge is 0.438 e. The molecule has 0 N–H and O–H groups in total. The zero-order chi connectivity index (χ0) is 38.3. The van der Waals surface area contributed by atoms with Gasteiger partial charge in [0.25, 0.3) is 0 Å². The molecular weight excluding hydrogens is 660 g/mol. The molecule has 0 aliphatic heterocycles. The number of rotatable bonds is 11. The standard InChI is InChI=1S/C39H60O12/c1-22(19-26(50-33(43)47-11)31(51-34(44)48-12)36(4,5)29(41)21-45-9)23-13-17-38(7)24(23)20-25(49-32(42)46-10)30-37(6)16-15-28(40)35(2,3)27(37)14-18-39(30,38)8/h22,25-27,30-31H,13-21H2,1-12H3/t22-,25+,26+,27+,30+,31-,37+,38+,39+/m1/s1. The molecule has 3 fully saturated rings. The van der Waals surface area contributed by atoms with Gasteiger partial charge in [0.1, 0.15) is 24.6 Å². The lowest BCUT2D eigenvalue weighted by Gasteiger charge is -2.69. The highest BCUT2D eigenvalue weighted by atomic mass is 16.8. The predicted octanol–water partition coefficient (Wildman–Crippen LogP) is 7.64. The van der Waals surface area contributed by atoms with Gasteiger partial charge in [-0.3, -0.25) is 9.59 Å². The summed E-state index contributed by atoms with van der Waals surface area (Å²) in [5.41, 5.74) is -0.193. The molecule has 0 bridgehead atoms. The van der Waals surface area contributed by atoms with Gasteiger partial charge >= 0.3 is 18.5 Å². The summed E-state index contributed by atoms with van der Waals surface area (Å²) in [5.74, 6) is -0.130. The highest BCUT2D eigenvalue weighted by molar-refractivity contribution is 5.86. The topological polar surface area (TPSA) is 150 Å². The third-order valence-corrected chi connectivity index (χ3v) is 14.1. The first-order chi connectivity index (χ1) is 23.7. The van der Waals surface area contributed by atoms with E-state index >= 15 is 0 Å². The quantitative estimate of drug-likeness (QED) is 0.117. The molecule has 51 heavy (non-hydrogen) atoms. The summed E-state index contributed by atoms with van der Waals surface area (Å²) >= 11 is 0. The SMILES string of the molecule is COCC(=O)C(C)(C)[C@H](OC(=O)OC)[C@H](C[C@@H](C)C1=C2C[C@H](OC(=O)OC)[C@H]3[C@@]4(C)CCC(=O)C(C)(C)[C@@H]4CC[C@]3(C)[C@@]2(C)CC1)OC(=O)OC. The maximum atomic E-state index is 13.3. The van der Waals surface area contributed by atoms with E-state index in [1.807, 2.05) is 6.92 Å². The van der Waals surface area contributed by atoms with E-state index < -0.39 is 47.6 Å². The van der Waals surface area contributed by atoms with Gasteiger partial charge < -0.3 is 33.2 Å². The third kappa shape index (κ3) is 6.90. The third-order valence-electron chi connectivity index (χ3n) is 14.1. The first kappa shape index (κ1) is 40.6. The molecule has 9 atom stereocenters. The lowest BCUT2D eigenvalue weighted by atomic mass is 9.36. The molecule has 0 aromatic heterocycles. The monoisotopic (exact) mass is 720 g/mol. The van der Waals surface area contributed by atoms with Crippen LogP contribution in [0, 0.1) is 44.8 Å². The van der Waals surface area contributed by atoms with Crippen molar-refractivity contribution in [3.63, 3.8) is 0 Å². The van der Waals surface area contributed by atoms with Crippen molar-refractivity contribution in [1.82, 2.24) is 0 Å². The van der Waals surface area contributed by atoms with Crippen molar-refractivity contribution < 1.29 is 57.1 Å². The minimum Gasteiger partial charge on any atom is -0.438 e. The molecule has 12 heteroatoms. The fourth-order valence-electron chi connectivity index (χ4n) is 11.1. The van der Waals surface area contributed by atoms with Crippen molar-refractivity contribution in [2.75, 3.05) is 35.0 Å². The van der Waals surface area contributed by atoms with Crippen LogP contribution in [0.2, 0.25) is 0 Å². The molecule has 0 aromatic rings. The van der Waals surface area contributed by atoms with E-state index in [2.05, 4.69) is 34.6 Å². The van der Waals surface area contributed by atoms with Crippen LogP contribution in [0.15, 0.2) is 11.1 Å². The minimum absolute atomic E-state index is 0.0144. The van der Waals surface area contributed by atoms with Gasteiger partial charge in [-0.25, -0.2) is 14.4 Å². The van der Waals surface area contributed by atoms with Gasteiger partial charge in [0, 0.05) is 31.3 Å². The lowest BCUT2D eigenvalue weighted by molar-refractivity contribution is -0.210. The Morgan fingerprint density at radius 3 is 2.04 bits per heavy atom. The fourth-order valence-corrected chi connectivity index (χ4v) is 11.1. The van der Waals surface area contributed by atoms with Crippen LogP contribution in [0.1, 0.15) is 107 Å². The number of carbonyl (C=O) groups excluding carboxylic acids is 5. The van der Waals surface area contributed by atoms with Gasteiger partial charge in [-0.1, -0.05) is 52.7 Å². The van der Waals surface area contributed by atoms with Crippen molar-refractivity contribution in [1.29, 1.82) is 0 Å². The number of Topliss-reactive ketones (excluding diaryl/α,β-unsaturated/α-hetero) is 2. The van der Waals surface area contributed by atoms with Crippen LogP contribution in [-0.2, 0) is 42.7 Å². The summed E-state index contributed by atoms with van der Waals surface area (Å²) in [4.78, 5) is 64.6. The Hall–Kier alpha value is -3.15. The summed E-state index contributed by atoms with van der Waals surface area (Å²) in [6.45, 7) is 16.2. The Bertz CT molecular complexity index is 1410. The average Bonchev–Trinajstić information content (AvgIpc) is 3.42. The zero-order valence-corrected chi connectivity index (χ0v) is 32.7. The second-order valence-corrected chi connectivity index (χ2v) is 17.1. The molecule has 0 aromatic carbocycles. The van der Waals surface area contributed by atoms with E-state index in [1.165, 1.54) is 32.5 Å². The van der Waals surface area contributed by atoms with Crippen molar-refractivity contribution in [3.05, 3.63) is 11.1 Å². The number of ketones is 2. The molecular formula is C39H60O12. The molecule has 288 valence electrons. The van der Waals surface area contributed by atoms with E-state index in [9.17, 15) is 24.0 Å². The summed E-state index contributed by atoms with van der Waals surface area (Å²) in [5, 5.41) is 0. The molecule has 0 radical (unpaired) electrons.